The van der Waals surface area contributed by atoms with Crippen molar-refractivity contribution in [2.45, 2.75) is 0 Å². The number of pyridine rings is 3. The molecule has 0 amide bonds. The van der Waals surface area contributed by atoms with Crippen LogP contribution in [-0.4, -0.2) is 15.0 Å². The third-order valence-corrected chi connectivity index (χ3v) is 12.1. The summed E-state index contributed by atoms with van der Waals surface area (Å²) in [6.07, 6.45) is 2.01. The zero-order chi connectivity index (χ0) is 38.2. The fourth-order valence-electron chi connectivity index (χ4n) is 8.10. The Hall–Kier alpha value is -7.61. The van der Waals surface area contributed by atoms with E-state index in [2.05, 4.69) is 144 Å². The molecule has 0 N–H and O–H groups in total. The molecule has 0 bridgehead atoms. The molecule has 6 aromatic heterocycles. The molecule has 0 saturated heterocycles. The number of furan rings is 2. The monoisotopic (exact) mass is 762 g/mol. The summed E-state index contributed by atoms with van der Waals surface area (Å²) in [6.45, 7) is 0. The Morgan fingerprint density at radius 2 is 0.845 bits per heavy atom. The van der Waals surface area contributed by atoms with Gasteiger partial charge in [0.2, 0.25) is 11.4 Å². The second-order valence-corrected chi connectivity index (χ2v) is 15.5. The lowest BCUT2D eigenvalue weighted by atomic mass is 10.1. The third-order valence-electron chi connectivity index (χ3n) is 11.0. The quantitative estimate of drug-likeness (QED) is 0.168. The zero-order valence-corrected chi connectivity index (χ0v) is 31.7. The van der Waals surface area contributed by atoms with Gasteiger partial charge in [0.1, 0.15) is 11.2 Å². The molecule has 6 aromatic carbocycles. The molecule has 0 aliphatic rings. The van der Waals surface area contributed by atoms with Gasteiger partial charge in [0, 0.05) is 81.7 Å². The van der Waals surface area contributed by atoms with Gasteiger partial charge in [-0.05, 0) is 84.9 Å². The molecule has 12 aromatic rings. The van der Waals surface area contributed by atoms with Crippen molar-refractivity contribution in [2.75, 3.05) is 4.90 Å². The van der Waals surface area contributed by atoms with Crippen LogP contribution in [0.2, 0.25) is 0 Å². The maximum atomic E-state index is 6.11. The van der Waals surface area contributed by atoms with Crippen LogP contribution in [-0.2, 0) is 0 Å². The fourth-order valence-corrected chi connectivity index (χ4v) is 9.22. The molecule has 0 aliphatic carbocycles. The SMILES string of the molecule is c1ccc2c(c1)oc1nc(-c3ccc(N(c4ccc(-c5cc6sc7ccccc7c6cn5)cc4)c4ccc(-c5ccc6c(n5)oc5ccccc56)cc4)cc3)ccc12. The average Bonchev–Trinajstić information content (AvgIpc) is 3.97. The van der Waals surface area contributed by atoms with Crippen molar-refractivity contribution in [3.63, 3.8) is 0 Å². The highest BCUT2D eigenvalue weighted by Gasteiger charge is 2.17. The highest BCUT2D eigenvalue weighted by atomic mass is 32.1. The maximum absolute atomic E-state index is 6.11. The molecular formula is C51H30N4O2S. The molecule has 58 heavy (non-hydrogen) atoms. The Morgan fingerprint density at radius 3 is 1.38 bits per heavy atom. The first-order chi connectivity index (χ1) is 28.7. The fraction of sp³-hybridized carbons (Fsp3) is 0. The van der Waals surface area contributed by atoms with E-state index in [0.29, 0.717) is 11.4 Å². The van der Waals surface area contributed by atoms with Crippen LogP contribution in [0.3, 0.4) is 0 Å². The van der Waals surface area contributed by atoms with Crippen molar-refractivity contribution in [1.82, 2.24) is 15.0 Å². The first-order valence-corrected chi connectivity index (χ1v) is 20.0. The molecule has 12 rings (SSSR count). The standard InChI is InChI=1S/C51H30N4O2S/c1-4-10-46-37(7-1)40-25-27-43(53-50(40)56-46)31-13-19-34(20-14-31)55(35-21-15-32(16-22-35)44-28-26-41-38-8-2-5-11-47(38)57-51(41)54-44)36-23-17-33(18-24-36)45-29-49-42(30-52-45)39-9-3-6-12-48(39)58-49/h1-30H. The van der Waals surface area contributed by atoms with Gasteiger partial charge in [0.05, 0.1) is 17.1 Å². The predicted octanol–water partition coefficient (Wildman–Crippen LogP) is 14.5. The van der Waals surface area contributed by atoms with Crippen LogP contribution in [0.4, 0.5) is 17.1 Å². The molecule has 0 saturated carbocycles. The Bertz CT molecular complexity index is 3140. The number of rotatable bonds is 6. The largest absolute Gasteiger partial charge is 0.438 e. The molecule has 7 heteroatoms. The minimum atomic E-state index is 0.638. The molecule has 6 heterocycles. The number of aromatic nitrogens is 3. The van der Waals surface area contributed by atoms with Gasteiger partial charge in [-0.2, -0.15) is 0 Å². The van der Waals surface area contributed by atoms with Crippen LogP contribution < -0.4 is 4.90 Å². The number of hydrogen-bond donors (Lipinski definition) is 0. The number of anilines is 3. The van der Waals surface area contributed by atoms with Crippen molar-refractivity contribution < 1.29 is 8.83 Å². The van der Waals surface area contributed by atoms with Crippen LogP contribution in [0.5, 0.6) is 0 Å². The summed E-state index contributed by atoms with van der Waals surface area (Å²) in [5, 5.41) is 6.62. The summed E-state index contributed by atoms with van der Waals surface area (Å²) in [6, 6.07) is 60.9. The van der Waals surface area contributed by atoms with E-state index in [1.165, 1.54) is 20.2 Å². The Morgan fingerprint density at radius 1 is 0.379 bits per heavy atom. The molecule has 0 atom stereocenters. The second kappa shape index (κ2) is 13.0. The number of hydrogen-bond acceptors (Lipinski definition) is 7. The number of benzene rings is 6. The van der Waals surface area contributed by atoms with Crippen LogP contribution in [0.25, 0.3) is 98.1 Å². The van der Waals surface area contributed by atoms with E-state index in [-0.39, 0.29) is 0 Å². The van der Waals surface area contributed by atoms with Gasteiger partial charge in [-0.25, -0.2) is 9.97 Å². The van der Waals surface area contributed by atoms with Crippen molar-refractivity contribution in [3.05, 3.63) is 182 Å². The lowest BCUT2D eigenvalue weighted by molar-refractivity contribution is 0.654. The molecule has 0 unspecified atom stereocenters. The number of thiophene rings is 1. The Labute approximate surface area is 335 Å². The molecular weight excluding hydrogens is 733 g/mol. The minimum Gasteiger partial charge on any atom is -0.438 e. The Kier molecular flexibility index (Phi) is 7.30. The minimum absolute atomic E-state index is 0.638. The van der Waals surface area contributed by atoms with Gasteiger partial charge in [0.25, 0.3) is 0 Å². The molecule has 0 radical (unpaired) electrons. The zero-order valence-electron chi connectivity index (χ0n) is 30.8. The average molecular weight is 763 g/mol. The Balaban J connectivity index is 0.911. The van der Waals surface area contributed by atoms with E-state index in [4.69, 9.17) is 23.8 Å². The van der Waals surface area contributed by atoms with E-state index in [1.54, 1.807) is 11.3 Å². The van der Waals surface area contributed by atoms with Gasteiger partial charge in [-0.15, -0.1) is 11.3 Å². The molecule has 0 aliphatic heterocycles. The van der Waals surface area contributed by atoms with Crippen LogP contribution in [0, 0.1) is 0 Å². The summed E-state index contributed by atoms with van der Waals surface area (Å²) in [7, 11) is 0. The van der Waals surface area contributed by atoms with Crippen LogP contribution in [0.1, 0.15) is 0 Å². The summed E-state index contributed by atoms with van der Waals surface area (Å²) in [5.41, 5.74) is 11.8. The second-order valence-electron chi connectivity index (χ2n) is 14.4. The normalized spacial score (nSPS) is 11.8. The smallest absolute Gasteiger partial charge is 0.227 e. The van der Waals surface area contributed by atoms with Crippen LogP contribution in [0.15, 0.2) is 191 Å². The first-order valence-electron chi connectivity index (χ1n) is 19.2. The summed E-state index contributed by atoms with van der Waals surface area (Å²) in [4.78, 5) is 17.0. The van der Waals surface area contributed by atoms with Crippen molar-refractivity contribution in [1.29, 1.82) is 0 Å². The topological polar surface area (TPSA) is 68.2 Å². The van der Waals surface area contributed by atoms with E-state index < -0.39 is 0 Å². The highest BCUT2D eigenvalue weighted by Crippen LogP contribution is 2.40. The first kappa shape index (κ1) is 32.6. The predicted molar refractivity (Wildman–Crippen MR) is 238 cm³/mol. The number of nitrogens with zero attached hydrogens (tertiary/aromatic N) is 4. The van der Waals surface area contributed by atoms with Crippen molar-refractivity contribution >= 4 is 92.7 Å². The van der Waals surface area contributed by atoms with Crippen molar-refractivity contribution in [2.24, 2.45) is 0 Å². The van der Waals surface area contributed by atoms with E-state index in [1.807, 2.05) is 42.6 Å². The number of para-hydroxylation sites is 2. The summed E-state index contributed by atoms with van der Waals surface area (Å²) in [5.74, 6) is 0. The summed E-state index contributed by atoms with van der Waals surface area (Å²) < 4.78 is 14.7. The van der Waals surface area contributed by atoms with Gasteiger partial charge in [-0.3, -0.25) is 4.98 Å². The maximum Gasteiger partial charge on any atom is 0.227 e. The molecule has 272 valence electrons. The molecule has 0 spiro atoms. The van der Waals surface area contributed by atoms with E-state index in [9.17, 15) is 0 Å². The lowest BCUT2D eigenvalue weighted by Crippen LogP contribution is -2.09. The molecule has 0 fully saturated rings. The van der Waals surface area contributed by atoms with Gasteiger partial charge in [0.15, 0.2) is 0 Å². The lowest BCUT2D eigenvalue weighted by Gasteiger charge is -2.26. The molecule has 6 nitrogen and oxygen atoms in total. The van der Waals surface area contributed by atoms with Crippen LogP contribution >= 0.6 is 11.3 Å². The van der Waals surface area contributed by atoms with E-state index in [0.717, 1.165) is 83.5 Å². The number of fused-ring (bicyclic) bond motifs is 9. The third kappa shape index (κ3) is 5.36. The summed E-state index contributed by atoms with van der Waals surface area (Å²) >= 11 is 1.81. The van der Waals surface area contributed by atoms with Gasteiger partial charge in [-0.1, -0.05) is 91.0 Å². The van der Waals surface area contributed by atoms with Gasteiger partial charge >= 0.3 is 0 Å². The highest BCUT2D eigenvalue weighted by molar-refractivity contribution is 7.25. The van der Waals surface area contributed by atoms with Crippen molar-refractivity contribution in [3.8, 4) is 33.8 Å². The van der Waals surface area contributed by atoms with E-state index >= 15 is 0 Å². The van der Waals surface area contributed by atoms with Gasteiger partial charge < -0.3 is 13.7 Å².